The number of benzene rings is 3. The first-order chi connectivity index (χ1) is 18.9. The van der Waals surface area contributed by atoms with Gasteiger partial charge in [-0.25, -0.2) is 8.70 Å². The average molecular weight is 610 g/mol. The number of carbonyl (C=O) groups is 2. The number of anilines is 1. The van der Waals surface area contributed by atoms with Crippen molar-refractivity contribution in [2.24, 2.45) is 0 Å². The Labute approximate surface area is 244 Å². The SMILES string of the molecule is CCNC(=O)[C@H](Cc1ccccc1)N(Cc1ccc(Cl)cc1Cl)C(=O)CN(c1ccccc1F)S(=O)(=O)N(C)C. The maximum atomic E-state index is 14.9. The number of para-hydroxylation sites is 1. The van der Waals surface area contributed by atoms with E-state index in [0.29, 0.717) is 21.4 Å². The van der Waals surface area contributed by atoms with Crippen molar-refractivity contribution in [2.75, 3.05) is 31.5 Å². The van der Waals surface area contributed by atoms with Crippen LogP contribution in [0.4, 0.5) is 10.1 Å². The van der Waals surface area contributed by atoms with Crippen molar-refractivity contribution in [3.8, 4) is 0 Å². The first-order valence-corrected chi connectivity index (χ1v) is 14.6. The second-order valence-electron chi connectivity index (χ2n) is 9.11. The van der Waals surface area contributed by atoms with Gasteiger partial charge in [-0.2, -0.15) is 12.7 Å². The highest BCUT2D eigenvalue weighted by Crippen LogP contribution is 2.26. The molecule has 0 unspecified atom stereocenters. The molecule has 1 atom stereocenters. The van der Waals surface area contributed by atoms with E-state index in [0.717, 1.165) is 15.9 Å². The minimum Gasteiger partial charge on any atom is -0.355 e. The molecule has 3 aromatic carbocycles. The quantitative estimate of drug-likeness (QED) is 0.327. The Morgan fingerprint density at radius 1 is 0.975 bits per heavy atom. The van der Waals surface area contributed by atoms with Gasteiger partial charge in [-0.1, -0.05) is 71.7 Å². The fourth-order valence-corrected chi connectivity index (χ4v) is 5.57. The van der Waals surface area contributed by atoms with Crippen LogP contribution in [-0.4, -0.2) is 62.7 Å². The van der Waals surface area contributed by atoms with Gasteiger partial charge < -0.3 is 10.2 Å². The maximum absolute atomic E-state index is 14.9. The smallest absolute Gasteiger partial charge is 0.304 e. The molecule has 0 aliphatic carbocycles. The lowest BCUT2D eigenvalue weighted by Crippen LogP contribution is -2.54. The fraction of sp³-hybridized carbons (Fsp3) is 0.286. The van der Waals surface area contributed by atoms with Crippen LogP contribution in [0.1, 0.15) is 18.1 Å². The van der Waals surface area contributed by atoms with E-state index in [9.17, 15) is 22.4 Å². The highest BCUT2D eigenvalue weighted by molar-refractivity contribution is 7.90. The van der Waals surface area contributed by atoms with Gasteiger partial charge in [0.25, 0.3) is 0 Å². The summed E-state index contributed by atoms with van der Waals surface area (Å²) < 4.78 is 43.0. The van der Waals surface area contributed by atoms with Gasteiger partial charge in [-0.15, -0.1) is 0 Å². The third-order valence-electron chi connectivity index (χ3n) is 6.12. The molecule has 12 heteroatoms. The molecule has 0 heterocycles. The van der Waals surface area contributed by atoms with Crippen LogP contribution in [0.5, 0.6) is 0 Å². The Balaban J connectivity index is 2.12. The van der Waals surface area contributed by atoms with Gasteiger partial charge in [0.2, 0.25) is 11.8 Å². The Kier molecular flexibility index (Phi) is 10.9. The van der Waals surface area contributed by atoms with Crippen molar-refractivity contribution < 1.29 is 22.4 Å². The van der Waals surface area contributed by atoms with Crippen LogP contribution in [0.3, 0.4) is 0 Å². The monoisotopic (exact) mass is 608 g/mol. The standard InChI is InChI=1S/C28H31Cl2FN4O4S/c1-4-32-28(37)26(16-20-10-6-5-7-11-20)34(18-21-14-15-22(29)17-23(21)30)27(36)19-35(40(38,39)33(2)3)25-13-9-8-12-24(25)31/h5-15,17,26H,4,16,18-19H2,1-3H3,(H,32,37)/t26-/m0/s1. The van der Waals surface area contributed by atoms with E-state index in [1.54, 1.807) is 19.1 Å². The fourth-order valence-electron chi connectivity index (χ4n) is 4.04. The average Bonchev–Trinajstić information content (AvgIpc) is 2.91. The van der Waals surface area contributed by atoms with E-state index >= 15 is 0 Å². The molecule has 2 amide bonds. The number of rotatable bonds is 12. The summed E-state index contributed by atoms with van der Waals surface area (Å²) in [4.78, 5) is 28.7. The molecule has 0 aromatic heterocycles. The lowest BCUT2D eigenvalue weighted by Gasteiger charge is -2.34. The molecule has 0 fully saturated rings. The van der Waals surface area contributed by atoms with Crippen LogP contribution < -0.4 is 9.62 Å². The van der Waals surface area contributed by atoms with Crippen LogP contribution in [0, 0.1) is 5.82 Å². The van der Waals surface area contributed by atoms with Crippen LogP contribution in [0.25, 0.3) is 0 Å². The number of halogens is 3. The van der Waals surface area contributed by atoms with Crippen LogP contribution in [0.2, 0.25) is 10.0 Å². The van der Waals surface area contributed by atoms with Gasteiger partial charge in [0.1, 0.15) is 18.4 Å². The molecule has 0 radical (unpaired) electrons. The third kappa shape index (κ3) is 7.72. The predicted molar refractivity (Wildman–Crippen MR) is 156 cm³/mol. The van der Waals surface area contributed by atoms with Gasteiger partial charge >= 0.3 is 10.2 Å². The highest BCUT2D eigenvalue weighted by atomic mass is 35.5. The van der Waals surface area contributed by atoms with E-state index in [-0.39, 0.29) is 23.7 Å². The van der Waals surface area contributed by atoms with Gasteiger partial charge in [-0.05, 0) is 42.3 Å². The number of nitrogens with zero attached hydrogens (tertiary/aromatic N) is 3. The molecule has 0 aliphatic rings. The number of amides is 2. The summed E-state index contributed by atoms with van der Waals surface area (Å²) in [6, 6.07) is 18.1. The zero-order chi connectivity index (χ0) is 29.4. The lowest BCUT2D eigenvalue weighted by molar-refractivity contribution is -0.140. The summed E-state index contributed by atoms with van der Waals surface area (Å²) in [5.74, 6) is -1.98. The van der Waals surface area contributed by atoms with Gasteiger partial charge in [-0.3, -0.25) is 9.59 Å². The van der Waals surface area contributed by atoms with Gasteiger partial charge in [0, 0.05) is 43.7 Å². The van der Waals surface area contributed by atoms with E-state index in [2.05, 4.69) is 5.32 Å². The topological polar surface area (TPSA) is 90.0 Å². The van der Waals surface area contributed by atoms with E-state index < -0.39 is 40.4 Å². The lowest BCUT2D eigenvalue weighted by atomic mass is 10.0. The molecule has 3 aromatic rings. The number of likely N-dealkylation sites (N-methyl/N-ethyl adjacent to an activating group) is 1. The van der Waals surface area contributed by atoms with Gasteiger partial charge in [0.05, 0.1) is 5.69 Å². The van der Waals surface area contributed by atoms with Crippen molar-refractivity contribution in [3.05, 3.63) is 99.8 Å². The summed E-state index contributed by atoms with van der Waals surface area (Å²) in [5, 5.41) is 3.42. The molecule has 0 spiro atoms. The van der Waals surface area contributed by atoms with Crippen LogP contribution in [-0.2, 0) is 32.8 Å². The van der Waals surface area contributed by atoms with Crippen molar-refractivity contribution >= 4 is 50.9 Å². The molecule has 0 saturated carbocycles. The number of hydrogen-bond donors (Lipinski definition) is 1. The number of carbonyl (C=O) groups excluding carboxylic acids is 2. The molecular formula is C28H31Cl2FN4O4S. The molecule has 1 N–H and O–H groups in total. The number of hydrogen-bond acceptors (Lipinski definition) is 4. The Morgan fingerprint density at radius 2 is 1.62 bits per heavy atom. The van der Waals surface area contributed by atoms with Crippen LogP contribution >= 0.6 is 23.2 Å². The maximum Gasteiger partial charge on any atom is 0.304 e. The zero-order valence-corrected chi connectivity index (χ0v) is 24.7. The van der Waals surface area contributed by atoms with Gasteiger partial charge in [0.15, 0.2) is 0 Å². The molecule has 0 bridgehead atoms. The second-order valence-corrected chi connectivity index (χ2v) is 12.0. The summed E-state index contributed by atoms with van der Waals surface area (Å²) in [6.07, 6.45) is 0.143. The minimum absolute atomic E-state index is 0.128. The van der Waals surface area contributed by atoms with Crippen molar-refractivity contribution in [2.45, 2.75) is 25.9 Å². The molecule has 214 valence electrons. The summed E-state index contributed by atoms with van der Waals surface area (Å²) >= 11 is 12.5. The van der Waals surface area contributed by atoms with Crippen LogP contribution in [0.15, 0.2) is 72.8 Å². The number of nitrogens with one attached hydrogen (secondary N) is 1. The highest BCUT2D eigenvalue weighted by Gasteiger charge is 2.35. The zero-order valence-electron chi connectivity index (χ0n) is 22.4. The molecule has 40 heavy (non-hydrogen) atoms. The predicted octanol–water partition coefficient (Wildman–Crippen LogP) is 4.52. The Hall–Kier alpha value is -3.18. The molecule has 0 saturated heterocycles. The Bertz CT molecular complexity index is 1440. The van der Waals surface area contributed by atoms with Crippen molar-refractivity contribution in [3.63, 3.8) is 0 Å². The molecule has 0 aliphatic heterocycles. The summed E-state index contributed by atoms with van der Waals surface area (Å²) in [5.41, 5.74) is 0.979. The third-order valence-corrected chi connectivity index (χ3v) is 8.51. The molecule has 8 nitrogen and oxygen atoms in total. The largest absolute Gasteiger partial charge is 0.355 e. The van der Waals surface area contributed by atoms with E-state index in [1.807, 2.05) is 30.3 Å². The van der Waals surface area contributed by atoms with Crippen molar-refractivity contribution in [1.82, 2.24) is 14.5 Å². The summed E-state index contributed by atoms with van der Waals surface area (Å²) in [6.45, 7) is 1.17. The first kappa shape index (κ1) is 31.3. The summed E-state index contributed by atoms with van der Waals surface area (Å²) in [7, 11) is -1.74. The van der Waals surface area contributed by atoms with Crippen molar-refractivity contribution in [1.29, 1.82) is 0 Å². The normalized spacial score (nSPS) is 12.2. The van der Waals surface area contributed by atoms with E-state index in [1.165, 1.54) is 43.3 Å². The molecule has 3 rings (SSSR count). The molecular weight excluding hydrogens is 578 g/mol. The van der Waals surface area contributed by atoms with E-state index in [4.69, 9.17) is 23.2 Å². The Morgan fingerprint density at radius 3 is 2.23 bits per heavy atom. The second kappa shape index (κ2) is 13.9. The minimum atomic E-state index is -4.31. The first-order valence-electron chi connectivity index (χ1n) is 12.5.